The smallest absolute Gasteiger partial charge is 0.215 e. The van der Waals surface area contributed by atoms with Gasteiger partial charge in [-0.3, -0.25) is 10.2 Å². The molecule has 2 heterocycles. The second-order valence-electron chi connectivity index (χ2n) is 4.45. The number of benzene rings is 1. The molecule has 0 aliphatic carbocycles. The van der Waals surface area contributed by atoms with Crippen LogP contribution < -0.4 is 0 Å². The number of nitrogens with one attached hydrogen (secondary N) is 2. The fourth-order valence-electron chi connectivity index (χ4n) is 1.92. The van der Waals surface area contributed by atoms with Gasteiger partial charge in [0.15, 0.2) is 0 Å². The number of rotatable bonds is 3. The van der Waals surface area contributed by atoms with Gasteiger partial charge in [-0.25, -0.2) is 4.68 Å². The normalized spacial score (nSPS) is 11.4. The lowest BCUT2D eigenvalue weighted by atomic mass is 10.3. The molecule has 0 radical (unpaired) electrons. The summed E-state index contributed by atoms with van der Waals surface area (Å²) in [6, 6.07) is 9.64. The van der Waals surface area contributed by atoms with Crippen LogP contribution in [0.25, 0.3) is 5.69 Å². The number of halogens is 1. The number of aromatic amines is 2. The van der Waals surface area contributed by atoms with E-state index in [0.29, 0.717) is 20.3 Å². The highest BCUT2D eigenvalue weighted by Gasteiger charge is 2.13. The van der Waals surface area contributed by atoms with Gasteiger partial charge in [0.2, 0.25) is 9.54 Å². The molecule has 2 aromatic heterocycles. The van der Waals surface area contributed by atoms with Crippen LogP contribution in [0.2, 0.25) is 5.15 Å². The van der Waals surface area contributed by atoms with E-state index in [9.17, 15) is 0 Å². The van der Waals surface area contributed by atoms with E-state index in [4.69, 9.17) is 36.0 Å². The minimum Gasteiger partial charge on any atom is -0.273 e. The van der Waals surface area contributed by atoms with Crippen LogP contribution in [0, 0.1) is 16.5 Å². The summed E-state index contributed by atoms with van der Waals surface area (Å²) < 4.78 is 3.83. The van der Waals surface area contributed by atoms with Crippen molar-refractivity contribution in [1.29, 1.82) is 0 Å². The zero-order valence-electron chi connectivity index (χ0n) is 11.4. The van der Waals surface area contributed by atoms with Crippen LogP contribution in [0.4, 0.5) is 0 Å². The largest absolute Gasteiger partial charge is 0.273 e. The van der Waals surface area contributed by atoms with Crippen molar-refractivity contribution in [1.82, 2.24) is 24.7 Å². The number of para-hydroxylation sites is 1. The maximum Gasteiger partial charge on any atom is 0.215 e. The Morgan fingerprint density at radius 1 is 1.18 bits per heavy atom. The minimum absolute atomic E-state index is 0.380. The summed E-state index contributed by atoms with van der Waals surface area (Å²) in [5, 5.41) is 14.6. The molecular weight excluding hydrogens is 340 g/mol. The predicted octanol–water partition coefficient (Wildman–Crippen LogP) is 3.63. The maximum absolute atomic E-state index is 6.42. The average Bonchev–Trinajstić information content (AvgIpc) is 2.99. The molecule has 6 nitrogen and oxygen atoms in total. The van der Waals surface area contributed by atoms with Crippen molar-refractivity contribution in [2.24, 2.45) is 5.10 Å². The highest BCUT2D eigenvalue weighted by Crippen LogP contribution is 2.21. The quantitative estimate of drug-likeness (QED) is 0.560. The number of H-pyrrole nitrogens is 2. The zero-order valence-corrected chi connectivity index (χ0v) is 13.8. The van der Waals surface area contributed by atoms with Crippen molar-refractivity contribution in [2.45, 2.75) is 6.92 Å². The SMILES string of the molecule is Cc1nn(-c2ccccc2)c(Cl)c1/C=N\n1c(=S)[nH][nH]c1=S. The topological polar surface area (TPSA) is 66.7 Å². The first-order valence-electron chi connectivity index (χ1n) is 6.32. The maximum atomic E-state index is 6.42. The second kappa shape index (κ2) is 5.99. The highest BCUT2D eigenvalue weighted by molar-refractivity contribution is 7.72. The van der Waals surface area contributed by atoms with E-state index in [-0.39, 0.29) is 0 Å². The standard InChI is InChI=1S/C13H11ClN6S2/c1-8-10(7-15-20-12(21)16-17-13(20)22)11(14)19(18-8)9-5-3-2-4-6-9/h2-7H,1H3,(H,16,21)(H,17,22)/b15-7-. The molecule has 0 bridgehead atoms. The third-order valence-electron chi connectivity index (χ3n) is 3.01. The zero-order chi connectivity index (χ0) is 15.7. The Morgan fingerprint density at radius 3 is 2.45 bits per heavy atom. The fourth-order valence-corrected chi connectivity index (χ4v) is 2.68. The molecule has 0 unspecified atom stereocenters. The van der Waals surface area contributed by atoms with Crippen LogP contribution >= 0.6 is 36.0 Å². The lowest BCUT2D eigenvalue weighted by molar-refractivity contribution is 0.848. The van der Waals surface area contributed by atoms with Crippen molar-refractivity contribution in [3.63, 3.8) is 0 Å². The molecule has 0 spiro atoms. The van der Waals surface area contributed by atoms with Crippen LogP contribution in [0.3, 0.4) is 0 Å². The molecule has 2 N–H and O–H groups in total. The first-order chi connectivity index (χ1) is 10.6. The molecule has 1 aromatic carbocycles. The summed E-state index contributed by atoms with van der Waals surface area (Å²) in [4.78, 5) is 0. The van der Waals surface area contributed by atoms with Crippen molar-refractivity contribution in [3.05, 3.63) is 56.3 Å². The van der Waals surface area contributed by atoms with Crippen LogP contribution in [-0.2, 0) is 0 Å². The van der Waals surface area contributed by atoms with Crippen molar-refractivity contribution in [2.75, 3.05) is 0 Å². The van der Waals surface area contributed by atoms with E-state index in [1.807, 2.05) is 37.3 Å². The molecule has 0 aliphatic rings. The third kappa shape index (κ3) is 2.68. The van der Waals surface area contributed by atoms with Crippen molar-refractivity contribution < 1.29 is 0 Å². The Morgan fingerprint density at radius 2 is 1.82 bits per heavy atom. The molecule has 112 valence electrons. The minimum atomic E-state index is 0.380. The fraction of sp³-hybridized carbons (Fsp3) is 0.0769. The van der Waals surface area contributed by atoms with Gasteiger partial charge in [0.25, 0.3) is 0 Å². The lowest BCUT2D eigenvalue weighted by Crippen LogP contribution is -1.96. The highest BCUT2D eigenvalue weighted by atomic mass is 35.5. The number of nitrogens with zero attached hydrogens (tertiary/aromatic N) is 4. The van der Waals surface area contributed by atoms with E-state index in [0.717, 1.165) is 11.4 Å². The van der Waals surface area contributed by atoms with E-state index >= 15 is 0 Å². The Labute approximate surface area is 141 Å². The van der Waals surface area contributed by atoms with E-state index in [1.165, 1.54) is 4.68 Å². The number of aryl methyl sites for hydroxylation is 1. The molecule has 0 aliphatic heterocycles. The molecule has 3 aromatic rings. The third-order valence-corrected chi connectivity index (χ3v) is 3.93. The Bertz CT molecular complexity index is 920. The van der Waals surface area contributed by atoms with Gasteiger partial charge in [0.05, 0.1) is 23.2 Å². The Kier molecular flexibility index (Phi) is 4.06. The second-order valence-corrected chi connectivity index (χ2v) is 5.59. The molecule has 0 saturated heterocycles. The van der Waals surface area contributed by atoms with E-state index in [2.05, 4.69) is 20.4 Å². The van der Waals surface area contributed by atoms with Crippen LogP contribution in [-0.4, -0.2) is 30.9 Å². The molecule has 22 heavy (non-hydrogen) atoms. The first-order valence-corrected chi connectivity index (χ1v) is 7.52. The summed E-state index contributed by atoms with van der Waals surface area (Å²) in [5.74, 6) is 0. The molecule has 9 heteroatoms. The molecule has 0 fully saturated rings. The van der Waals surface area contributed by atoms with Gasteiger partial charge >= 0.3 is 0 Å². The summed E-state index contributed by atoms with van der Waals surface area (Å²) in [7, 11) is 0. The summed E-state index contributed by atoms with van der Waals surface area (Å²) in [5.41, 5.74) is 2.35. The average molecular weight is 351 g/mol. The van der Waals surface area contributed by atoms with Crippen molar-refractivity contribution in [3.8, 4) is 5.69 Å². The number of hydrogen-bond acceptors (Lipinski definition) is 4. The van der Waals surface area contributed by atoms with Crippen LogP contribution in [0.1, 0.15) is 11.3 Å². The first kappa shape index (κ1) is 14.9. The van der Waals surface area contributed by atoms with Gasteiger partial charge in [0.1, 0.15) is 5.15 Å². The molecule has 0 atom stereocenters. The summed E-state index contributed by atoms with van der Waals surface area (Å²) >= 11 is 16.6. The van der Waals surface area contributed by atoms with E-state index in [1.54, 1.807) is 10.9 Å². The molecule has 0 saturated carbocycles. The summed E-state index contributed by atoms with van der Waals surface area (Å²) in [6.07, 6.45) is 1.59. The van der Waals surface area contributed by atoms with Gasteiger partial charge in [-0.2, -0.15) is 14.9 Å². The van der Waals surface area contributed by atoms with Crippen LogP contribution in [0.5, 0.6) is 0 Å². The van der Waals surface area contributed by atoms with Gasteiger partial charge < -0.3 is 0 Å². The van der Waals surface area contributed by atoms with E-state index < -0.39 is 0 Å². The van der Waals surface area contributed by atoms with Crippen molar-refractivity contribution >= 4 is 42.3 Å². The predicted molar refractivity (Wildman–Crippen MR) is 91.1 cm³/mol. The van der Waals surface area contributed by atoms with Crippen LogP contribution in [0.15, 0.2) is 35.4 Å². The van der Waals surface area contributed by atoms with Gasteiger partial charge in [0, 0.05) is 0 Å². The lowest BCUT2D eigenvalue weighted by Gasteiger charge is -2.01. The monoisotopic (exact) mass is 350 g/mol. The van der Waals surface area contributed by atoms with Gasteiger partial charge in [-0.15, -0.1) is 0 Å². The Hall–Kier alpha value is -2.03. The Balaban J connectivity index is 2.05. The summed E-state index contributed by atoms with van der Waals surface area (Å²) in [6.45, 7) is 1.86. The molecule has 0 amide bonds. The van der Waals surface area contributed by atoms with Gasteiger partial charge in [-0.05, 0) is 43.5 Å². The van der Waals surface area contributed by atoms with Gasteiger partial charge in [-0.1, -0.05) is 29.8 Å². The number of hydrogen-bond donors (Lipinski definition) is 2. The molecule has 3 rings (SSSR count). The molecular formula is C13H11ClN6S2. The number of aromatic nitrogens is 5.